The van der Waals surface area contributed by atoms with Crippen molar-refractivity contribution in [3.05, 3.63) is 35.4 Å². The average molecular weight is 195 g/mol. The van der Waals surface area contributed by atoms with Crippen LogP contribution >= 0.6 is 12.6 Å². The van der Waals surface area contributed by atoms with E-state index in [0.29, 0.717) is 5.56 Å². The zero-order valence-electron chi connectivity index (χ0n) is 7.36. The van der Waals surface area contributed by atoms with Gasteiger partial charge in [-0.05, 0) is 36.3 Å². The van der Waals surface area contributed by atoms with E-state index in [9.17, 15) is 4.79 Å². The summed E-state index contributed by atoms with van der Waals surface area (Å²) in [5, 5.41) is 0. The highest BCUT2D eigenvalue weighted by Crippen LogP contribution is 2.06. The van der Waals surface area contributed by atoms with Gasteiger partial charge in [0.1, 0.15) is 0 Å². The predicted octanol–water partition coefficient (Wildman–Crippen LogP) is 1.65. The molecule has 0 saturated carbocycles. The van der Waals surface area contributed by atoms with E-state index in [1.807, 2.05) is 12.1 Å². The first-order valence-corrected chi connectivity index (χ1v) is 4.87. The molecule has 0 unspecified atom stereocenters. The average Bonchev–Trinajstić information content (AvgIpc) is 2.15. The number of hydrogen-bond acceptors (Lipinski definition) is 2. The summed E-state index contributed by atoms with van der Waals surface area (Å²) < 4.78 is 0. The second kappa shape index (κ2) is 4.92. The molecule has 0 bridgehead atoms. The van der Waals surface area contributed by atoms with Crippen molar-refractivity contribution in [1.82, 2.24) is 0 Å². The first-order valence-electron chi connectivity index (χ1n) is 4.23. The van der Waals surface area contributed by atoms with Crippen LogP contribution in [0.4, 0.5) is 0 Å². The lowest BCUT2D eigenvalue weighted by molar-refractivity contribution is 0.100. The van der Waals surface area contributed by atoms with Crippen LogP contribution in [0, 0.1) is 0 Å². The van der Waals surface area contributed by atoms with Gasteiger partial charge in [-0.3, -0.25) is 4.79 Å². The van der Waals surface area contributed by atoms with Crippen LogP contribution < -0.4 is 5.73 Å². The molecular formula is C10H13NOS. The summed E-state index contributed by atoms with van der Waals surface area (Å²) in [6.07, 6.45) is 2.06. The number of rotatable bonds is 4. The zero-order chi connectivity index (χ0) is 9.68. The number of primary amides is 1. The maximum absolute atomic E-state index is 10.7. The Morgan fingerprint density at radius 1 is 1.31 bits per heavy atom. The largest absolute Gasteiger partial charge is 0.366 e. The van der Waals surface area contributed by atoms with Crippen molar-refractivity contribution >= 4 is 18.5 Å². The fraction of sp³-hybridized carbons (Fsp3) is 0.300. The van der Waals surface area contributed by atoms with E-state index >= 15 is 0 Å². The second-order valence-electron chi connectivity index (χ2n) is 2.89. The van der Waals surface area contributed by atoms with E-state index in [4.69, 9.17) is 5.73 Å². The number of carbonyl (C=O) groups is 1. The Labute approximate surface area is 83.5 Å². The van der Waals surface area contributed by atoms with Crippen LogP contribution in [0.5, 0.6) is 0 Å². The Bertz CT molecular complexity index is 281. The highest BCUT2D eigenvalue weighted by molar-refractivity contribution is 7.80. The van der Waals surface area contributed by atoms with Gasteiger partial charge in [-0.15, -0.1) is 0 Å². The summed E-state index contributed by atoms with van der Waals surface area (Å²) in [6, 6.07) is 7.39. The molecule has 0 heterocycles. The fourth-order valence-corrected chi connectivity index (χ4v) is 1.28. The summed E-state index contributed by atoms with van der Waals surface area (Å²) in [4.78, 5) is 10.7. The molecule has 0 aromatic heterocycles. The molecule has 1 rings (SSSR count). The lowest BCUT2D eigenvalue weighted by atomic mass is 10.1. The van der Waals surface area contributed by atoms with Crippen molar-refractivity contribution in [2.24, 2.45) is 5.73 Å². The van der Waals surface area contributed by atoms with Crippen LogP contribution in [0.2, 0.25) is 0 Å². The van der Waals surface area contributed by atoms with Gasteiger partial charge < -0.3 is 5.73 Å². The molecule has 0 fully saturated rings. The maximum Gasteiger partial charge on any atom is 0.248 e. The van der Waals surface area contributed by atoms with Gasteiger partial charge in [0.15, 0.2) is 0 Å². The molecule has 13 heavy (non-hydrogen) atoms. The molecule has 70 valence electrons. The van der Waals surface area contributed by atoms with Gasteiger partial charge in [0.25, 0.3) is 0 Å². The highest BCUT2D eigenvalue weighted by Gasteiger charge is 1.98. The van der Waals surface area contributed by atoms with Crippen LogP contribution in [-0.4, -0.2) is 11.7 Å². The lowest BCUT2D eigenvalue weighted by Gasteiger charge is -2.00. The Morgan fingerprint density at radius 2 is 1.92 bits per heavy atom. The van der Waals surface area contributed by atoms with E-state index in [0.717, 1.165) is 18.6 Å². The molecule has 0 aliphatic rings. The maximum atomic E-state index is 10.7. The number of hydrogen-bond donors (Lipinski definition) is 2. The predicted molar refractivity (Wildman–Crippen MR) is 57.1 cm³/mol. The first kappa shape index (κ1) is 10.1. The van der Waals surface area contributed by atoms with Crippen LogP contribution in [0.1, 0.15) is 22.3 Å². The van der Waals surface area contributed by atoms with Gasteiger partial charge in [-0.2, -0.15) is 12.6 Å². The summed E-state index contributed by atoms with van der Waals surface area (Å²) >= 11 is 4.13. The quantitative estimate of drug-likeness (QED) is 0.705. The Balaban J connectivity index is 2.64. The van der Waals surface area contributed by atoms with Gasteiger partial charge in [-0.25, -0.2) is 0 Å². The van der Waals surface area contributed by atoms with Crippen molar-refractivity contribution in [1.29, 1.82) is 0 Å². The summed E-state index contributed by atoms with van der Waals surface area (Å²) in [6.45, 7) is 0. The minimum Gasteiger partial charge on any atom is -0.366 e. The number of thiol groups is 1. The van der Waals surface area contributed by atoms with Crippen molar-refractivity contribution in [3.8, 4) is 0 Å². The second-order valence-corrected chi connectivity index (χ2v) is 3.34. The smallest absolute Gasteiger partial charge is 0.248 e. The number of aryl methyl sites for hydroxylation is 1. The number of benzene rings is 1. The van der Waals surface area contributed by atoms with Crippen LogP contribution in [0.25, 0.3) is 0 Å². The SMILES string of the molecule is NC(=O)c1ccc(CCCS)cc1. The van der Waals surface area contributed by atoms with Crippen molar-refractivity contribution < 1.29 is 4.79 Å². The standard InChI is InChI=1S/C10H13NOS/c11-10(12)9-5-3-8(4-6-9)2-1-7-13/h3-6,13H,1-2,7H2,(H2,11,12). The van der Waals surface area contributed by atoms with Gasteiger partial charge in [0.2, 0.25) is 5.91 Å². The molecule has 2 nitrogen and oxygen atoms in total. The molecule has 0 spiro atoms. The van der Waals surface area contributed by atoms with Crippen molar-refractivity contribution in [2.75, 3.05) is 5.75 Å². The minimum absolute atomic E-state index is 0.374. The third kappa shape index (κ3) is 3.11. The molecule has 0 saturated heterocycles. The third-order valence-corrected chi connectivity index (χ3v) is 2.18. The number of amides is 1. The number of nitrogens with two attached hydrogens (primary N) is 1. The normalized spacial score (nSPS) is 9.92. The van der Waals surface area contributed by atoms with E-state index in [1.165, 1.54) is 5.56 Å². The lowest BCUT2D eigenvalue weighted by Crippen LogP contribution is -2.10. The van der Waals surface area contributed by atoms with Crippen LogP contribution in [0.3, 0.4) is 0 Å². The highest BCUT2D eigenvalue weighted by atomic mass is 32.1. The molecule has 2 N–H and O–H groups in total. The van der Waals surface area contributed by atoms with Crippen molar-refractivity contribution in [3.63, 3.8) is 0 Å². The van der Waals surface area contributed by atoms with E-state index in [-0.39, 0.29) is 5.91 Å². The summed E-state index contributed by atoms with van der Waals surface area (Å²) in [5.41, 5.74) is 6.90. The topological polar surface area (TPSA) is 43.1 Å². The van der Waals surface area contributed by atoms with Crippen LogP contribution in [-0.2, 0) is 6.42 Å². The van der Waals surface area contributed by atoms with Gasteiger partial charge in [-0.1, -0.05) is 12.1 Å². The summed E-state index contributed by atoms with van der Waals surface area (Å²) in [7, 11) is 0. The molecule has 3 heteroatoms. The molecule has 0 aliphatic heterocycles. The Hall–Kier alpha value is -0.960. The van der Waals surface area contributed by atoms with E-state index in [2.05, 4.69) is 12.6 Å². The minimum atomic E-state index is -0.374. The molecule has 1 aromatic rings. The molecule has 1 aromatic carbocycles. The van der Waals surface area contributed by atoms with Gasteiger partial charge >= 0.3 is 0 Å². The Kier molecular flexibility index (Phi) is 3.83. The zero-order valence-corrected chi connectivity index (χ0v) is 8.26. The van der Waals surface area contributed by atoms with E-state index in [1.54, 1.807) is 12.1 Å². The van der Waals surface area contributed by atoms with Gasteiger partial charge in [0, 0.05) is 5.56 Å². The molecule has 0 aliphatic carbocycles. The summed E-state index contributed by atoms with van der Waals surface area (Å²) in [5.74, 6) is 0.512. The van der Waals surface area contributed by atoms with Crippen molar-refractivity contribution in [2.45, 2.75) is 12.8 Å². The van der Waals surface area contributed by atoms with E-state index < -0.39 is 0 Å². The Morgan fingerprint density at radius 3 is 2.38 bits per heavy atom. The molecular weight excluding hydrogens is 182 g/mol. The molecule has 0 atom stereocenters. The van der Waals surface area contributed by atoms with Crippen LogP contribution in [0.15, 0.2) is 24.3 Å². The molecule has 1 amide bonds. The fourth-order valence-electron chi connectivity index (χ4n) is 1.12. The molecule has 0 radical (unpaired) electrons. The monoisotopic (exact) mass is 195 g/mol. The van der Waals surface area contributed by atoms with Gasteiger partial charge in [0.05, 0.1) is 0 Å². The number of carbonyl (C=O) groups excluding carboxylic acids is 1. The third-order valence-electron chi connectivity index (χ3n) is 1.86. The first-order chi connectivity index (χ1) is 6.24.